The standard InChI is InChI=1S/C21H22N8O2/c1-14-4-5-18(24-11-14)29-19(10-16(27-29)17-13-31-9-7-22-17)26-21(30)15-12-25-28-8-3-2-6-23-20(15)28/h3-6,8,10-12,17,22H,2,7,9,13H2,1H3,(H,26,30). The van der Waals surface area contributed by atoms with Gasteiger partial charge in [-0.25, -0.2) is 14.7 Å². The predicted molar refractivity (Wildman–Crippen MR) is 116 cm³/mol. The van der Waals surface area contributed by atoms with Gasteiger partial charge in [0.05, 0.1) is 31.1 Å². The molecular formula is C21H22N8O2. The van der Waals surface area contributed by atoms with Crippen LogP contribution in [0.3, 0.4) is 0 Å². The Labute approximate surface area is 178 Å². The summed E-state index contributed by atoms with van der Waals surface area (Å²) in [5, 5.41) is 15.3. The van der Waals surface area contributed by atoms with E-state index in [9.17, 15) is 4.79 Å². The van der Waals surface area contributed by atoms with Crippen molar-refractivity contribution in [3.63, 3.8) is 0 Å². The van der Waals surface area contributed by atoms with E-state index < -0.39 is 0 Å². The Morgan fingerprint density at radius 2 is 2.26 bits per heavy atom. The summed E-state index contributed by atoms with van der Waals surface area (Å²) in [5.41, 5.74) is 2.19. The number of aromatic nitrogens is 5. The van der Waals surface area contributed by atoms with Gasteiger partial charge in [0.1, 0.15) is 11.4 Å². The van der Waals surface area contributed by atoms with Gasteiger partial charge in [0.25, 0.3) is 5.91 Å². The van der Waals surface area contributed by atoms with Gasteiger partial charge >= 0.3 is 0 Å². The Bertz CT molecular complexity index is 1150. The van der Waals surface area contributed by atoms with Gasteiger partial charge in [-0.3, -0.25) is 4.79 Å². The van der Waals surface area contributed by atoms with Crippen LogP contribution in [0.5, 0.6) is 0 Å². The summed E-state index contributed by atoms with van der Waals surface area (Å²) in [6.07, 6.45) is 9.45. The zero-order valence-electron chi connectivity index (χ0n) is 17.0. The van der Waals surface area contributed by atoms with Crippen molar-refractivity contribution in [3.8, 4) is 5.82 Å². The van der Waals surface area contributed by atoms with Crippen molar-refractivity contribution in [2.75, 3.05) is 25.1 Å². The first kappa shape index (κ1) is 19.3. The van der Waals surface area contributed by atoms with Crippen LogP contribution in [0.2, 0.25) is 0 Å². The highest BCUT2D eigenvalue weighted by Crippen LogP contribution is 2.25. The molecule has 2 aliphatic heterocycles. The van der Waals surface area contributed by atoms with Gasteiger partial charge in [0.2, 0.25) is 0 Å². The van der Waals surface area contributed by atoms with Crippen LogP contribution in [0.15, 0.2) is 41.7 Å². The third-order valence-corrected chi connectivity index (χ3v) is 5.08. The zero-order valence-corrected chi connectivity index (χ0v) is 17.0. The van der Waals surface area contributed by atoms with E-state index in [1.807, 2.05) is 31.2 Å². The van der Waals surface area contributed by atoms with E-state index in [-0.39, 0.29) is 11.9 Å². The fraction of sp³-hybridized carbons (Fsp3) is 0.286. The van der Waals surface area contributed by atoms with Crippen molar-refractivity contribution >= 4 is 30.0 Å². The van der Waals surface area contributed by atoms with Crippen LogP contribution in [0.4, 0.5) is 11.6 Å². The van der Waals surface area contributed by atoms with Crippen LogP contribution in [0, 0.1) is 6.92 Å². The van der Waals surface area contributed by atoms with Crippen LogP contribution in [0.25, 0.3) is 12.0 Å². The number of hydrogen-bond acceptors (Lipinski definition) is 7. The van der Waals surface area contributed by atoms with Gasteiger partial charge in [-0.15, -0.1) is 0 Å². The van der Waals surface area contributed by atoms with Gasteiger partial charge in [-0.05, 0) is 18.6 Å². The number of carbonyl (C=O) groups is 1. The molecular weight excluding hydrogens is 396 g/mol. The SMILES string of the molecule is Cc1ccc(-n2nc(C3COCCN3)cc2NC(=O)c2cnn3c2N=CCC=C3)nc1. The Kier molecular flexibility index (Phi) is 5.14. The highest BCUT2D eigenvalue weighted by Gasteiger charge is 2.24. The molecule has 2 N–H and O–H groups in total. The van der Waals surface area contributed by atoms with E-state index in [1.165, 1.54) is 6.20 Å². The Morgan fingerprint density at radius 1 is 1.32 bits per heavy atom. The summed E-state index contributed by atoms with van der Waals surface area (Å²) in [6.45, 7) is 3.90. The number of aliphatic imine (C=N–C) groups is 1. The second-order valence-corrected chi connectivity index (χ2v) is 7.35. The van der Waals surface area contributed by atoms with Crippen LogP contribution < -0.4 is 10.6 Å². The minimum atomic E-state index is -0.318. The number of allylic oxidation sites excluding steroid dienone is 1. The van der Waals surface area contributed by atoms with E-state index in [1.54, 1.807) is 28.0 Å². The van der Waals surface area contributed by atoms with Crippen molar-refractivity contribution in [2.24, 2.45) is 4.99 Å². The zero-order chi connectivity index (χ0) is 21.2. The van der Waals surface area contributed by atoms with E-state index >= 15 is 0 Å². The molecule has 1 amide bonds. The fourth-order valence-corrected chi connectivity index (χ4v) is 3.47. The number of nitrogens with zero attached hydrogens (tertiary/aromatic N) is 6. The maximum absolute atomic E-state index is 13.1. The molecule has 0 saturated carbocycles. The molecule has 0 radical (unpaired) electrons. The normalized spacial score (nSPS) is 17.9. The average Bonchev–Trinajstić information content (AvgIpc) is 3.32. The van der Waals surface area contributed by atoms with E-state index in [0.717, 1.165) is 17.8 Å². The molecule has 1 atom stereocenters. The predicted octanol–water partition coefficient (Wildman–Crippen LogP) is 2.26. The number of nitrogens with one attached hydrogen (secondary N) is 2. The molecule has 0 spiro atoms. The second-order valence-electron chi connectivity index (χ2n) is 7.35. The molecule has 10 heteroatoms. The number of rotatable bonds is 4. The number of fused-ring (bicyclic) bond motifs is 1. The van der Waals surface area contributed by atoms with Crippen molar-refractivity contribution in [3.05, 3.63) is 53.5 Å². The third-order valence-electron chi connectivity index (χ3n) is 5.08. The van der Waals surface area contributed by atoms with Gasteiger partial charge in [-0.1, -0.05) is 12.1 Å². The number of ether oxygens (including phenoxy) is 1. The molecule has 10 nitrogen and oxygen atoms in total. The Hall–Kier alpha value is -3.63. The minimum Gasteiger partial charge on any atom is -0.378 e. The Morgan fingerprint density at radius 3 is 3.06 bits per heavy atom. The maximum atomic E-state index is 13.1. The number of aryl methyl sites for hydroxylation is 1. The van der Waals surface area contributed by atoms with Crippen molar-refractivity contribution in [1.29, 1.82) is 0 Å². The lowest BCUT2D eigenvalue weighted by molar-refractivity contribution is 0.0755. The van der Waals surface area contributed by atoms with Gasteiger partial charge in [0.15, 0.2) is 11.6 Å². The van der Waals surface area contributed by atoms with Crippen molar-refractivity contribution in [2.45, 2.75) is 19.4 Å². The highest BCUT2D eigenvalue weighted by molar-refractivity contribution is 6.07. The molecule has 31 heavy (non-hydrogen) atoms. The van der Waals surface area contributed by atoms with Gasteiger partial charge < -0.3 is 15.4 Å². The molecule has 3 aromatic rings. The van der Waals surface area contributed by atoms with E-state index in [2.05, 4.69) is 25.7 Å². The summed E-state index contributed by atoms with van der Waals surface area (Å²) in [4.78, 5) is 22.0. The van der Waals surface area contributed by atoms with E-state index in [0.29, 0.717) is 42.7 Å². The molecule has 1 fully saturated rings. The number of anilines is 1. The lowest BCUT2D eigenvalue weighted by Crippen LogP contribution is -2.34. The lowest BCUT2D eigenvalue weighted by atomic mass is 10.2. The van der Waals surface area contributed by atoms with Gasteiger partial charge in [0, 0.05) is 37.6 Å². The van der Waals surface area contributed by atoms with Gasteiger partial charge in [-0.2, -0.15) is 14.9 Å². The lowest BCUT2D eigenvalue weighted by Gasteiger charge is -2.21. The summed E-state index contributed by atoms with van der Waals surface area (Å²) in [6, 6.07) is 5.61. The van der Waals surface area contributed by atoms with Crippen LogP contribution >= 0.6 is 0 Å². The topological polar surface area (TPSA) is 111 Å². The molecule has 5 rings (SSSR count). The molecule has 0 bridgehead atoms. The molecule has 0 aliphatic carbocycles. The number of morpholine rings is 1. The average molecular weight is 418 g/mol. The monoisotopic (exact) mass is 418 g/mol. The third kappa shape index (κ3) is 3.90. The first-order chi connectivity index (χ1) is 15.2. The smallest absolute Gasteiger partial charge is 0.262 e. The van der Waals surface area contributed by atoms with Crippen LogP contribution in [-0.2, 0) is 4.74 Å². The highest BCUT2D eigenvalue weighted by atomic mass is 16.5. The number of amides is 1. The van der Waals surface area contributed by atoms with Crippen LogP contribution in [-0.4, -0.2) is 56.4 Å². The molecule has 3 aromatic heterocycles. The number of carbonyl (C=O) groups excluding carboxylic acids is 1. The van der Waals surface area contributed by atoms with Crippen molar-refractivity contribution < 1.29 is 9.53 Å². The largest absolute Gasteiger partial charge is 0.378 e. The first-order valence-electron chi connectivity index (χ1n) is 10.1. The first-order valence-corrected chi connectivity index (χ1v) is 10.1. The molecule has 158 valence electrons. The fourth-order valence-electron chi connectivity index (χ4n) is 3.47. The summed E-state index contributed by atoms with van der Waals surface area (Å²) >= 11 is 0. The second kappa shape index (κ2) is 8.25. The number of pyridine rings is 1. The Balaban J connectivity index is 1.49. The molecule has 1 saturated heterocycles. The summed E-state index contributed by atoms with van der Waals surface area (Å²) < 4.78 is 8.80. The number of hydrogen-bond donors (Lipinski definition) is 2. The van der Waals surface area contributed by atoms with Crippen molar-refractivity contribution in [1.82, 2.24) is 29.9 Å². The molecule has 1 unspecified atom stereocenters. The van der Waals surface area contributed by atoms with E-state index in [4.69, 9.17) is 9.84 Å². The van der Waals surface area contributed by atoms with Crippen LogP contribution in [0.1, 0.15) is 34.1 Å². The maximum Gasteiger partial charge on any atom is 0.262 e. The molecule has 2 aliphatic rings. The summed E-state index contributed by atoms with van der Waals surface area (Å²) in [7, 11) is 0. The minimum absolute atomic E-state index is 0.0572. The quantitative estimate of drug-likeness (QED) is 0.672. The molecule has 5 heterocycles. The molecule has 0 aromatic carbocycles. The summed E-state index contributed by atoms with van der Waals surface area (Å²) in [5.74, 6) is 1.30.